The van der Waals surface area contributed by atoms with E-state index in [-0.39, 0.29) is 6.61 Å². The number of rotatable bonds is 4. The molecule has 1 fully saturated rings. The lowest BCUT2D eigenvalue weighted by atomic mass is 10.1. The molecule has 0 aromatic rings. The van der Waals surface area contributed by atoms with Crippen molar-refractivity contribution < 1.29 is 19.8 Å². The summed E-state index contributed by atoms with van der Waals surface area (Å²) >= 11 is 0. The van der Waals surface area contributed by atoms with Crippen LogP contribution >= 0.6 is 0 Å². The zero-order chi connectivity index (χ0) is 10.1. The number of carboxylic acids is 1. The minimum Gasteiger partial charge on any atom is -0.481 e. The topological polar surface area (TPSA) is 86.6 Å². The first kappa shape index (κ1) is 9.98. The van der Waals surface area contributed by atoms with Gasteiger partial charge in [0.25, 0.3) is 0 Å². The van der Waals surface area contributed by atoms with Crippen molar-refractivity contribution in [1.29, 1.82) is 0 Å². The summed E-state index contributed by atoms with van der Waals surface area (Å²) in [4.78, 5) is 21.6. The van der Waals surface area contributed by atoms with Crippen LogP contribution in [0.2, 0.25) is 0 Å². The summed E-state index contributed by atoms with van der Waals surface area (Å²) in [6.07, 6.45) is 1.45. The third-order valence-corrected chi connectivity index (χ3v) is 2.31. The Hall–Kier alpha value is -1.10. The third-order valence-electron chi connectivity index (χ3n) is 2.31. The number of amides is 1. The smallest absolute Gasteiger partial charge is 0.315 e. The summed E-state index contributed by atoms with van der Waals surface area (Å²) in [5.74, 6) is -2.73. The van der Waals surface area contributed by atoms with Crippen molar-refractivity contribution in [1.82, 2.24) is 5.32 Å². The van der Waals surface area contributed by atoms with E-state index in [4.69, 9.17) is 10.2 Å². The van der Waals surface area contributed by atoms with Crippen molar-refractivity contribution in [3.8, 4) is 0 Å². The molecule has 0 aliphatic heterocycles. The van der Waals surface area contributed by atoms with E-state index in [1.165, 1.54) is 6.92 Å². The maximum atomic E-state index is 11.2. The predicted octanol–water partition coefficient (Wildman–Crippen LogP) is -0.652. The Morgan fingerprint density at radius 2 is 2.08 bits per heavy atom. The third kappa shape index (κ3) is 2.18. The first-order valence-corrected chi connectivity index (χ1v) is 4.16. The highest BCUT2D eigenvalue weighted by molar-refractivity contribution is 5.96. The number of hydrogen-bond acceptors (Lipinski definition) is 3. The molecule has 1 rings (SSSR count). The first-order valence-electron chi connectivity index (χ1n) is 4.16. The average Bonchev–Trinajstić information content (AvgIpc) is 2.84. The van der Waals surface area contributed by atoms with Crippen LogP contribution in [0.5, 0.6) is 0 Å². The molecular weight excluding hydrogens is 174 g/mol. The normalized spacial score (nSPS) is 20.5. The molecule has 0 aromatic carbocycles. The molecule has 13 heavy (non-hydrogen) atoms. The van der Waals surface area contributed by atoms with Crippen LogP contribution in [0, 0.1) is 5.92 Å². The lowest BCUT2D eigenvalue weighted by Gasteiger charge is -2.15. The van der Waals surface area contributed by atoms with E-state index in [2.05, 4.69) is 5.32 Å². The van der Waals surface area contributed by atoms with Gasteiger partial charge < -0.3 is 15.5 Å². The molecule has 1 unspecified atom stereocenters. The summed E-state index contributed by atoms with van der Waals surface area (Å²) in [5.41, 5.74) is -0.527. The summed E-state index contributed by atoms with van der Waals surface area (Å²) in [7, 11) is 0. The Balaban J connectivity index is 2.46. The van der Waals surface area contributed by atoms with Gasteiger partial charge in [0.1, 0.15) is 5.92 Å². The molecule has 5 nitrogen and oxygen atoms in total. The van der Waals surface area contributed by atoms with Crippen molar-refractivity contribution in [2.45, 2.75) is 25.3 Å². The fourth-order valence-electron chi connectivity index (χ4n) is 0.955. The van der Waals surface area contributed by atoms with Gasteiger partial charge in [0.15, 0.2) is 0 Å². The van der Waals surface area contributed by atoms with E-state index in [9.17, 15) is 9.59 Å². The van der Waals surface area contributed by atoms with Crippen LogP contribution in [0.1, 0.15) is 19.8 Å². The number of carbonyl (C=O) groups is 2. The number of hydrogen-bond donors (Lipinski definition) is 3. The lowest BCUT2D eigenvalue weighted by molar-refractivity contribution is -0.146. The summed E-state index contributed by atoms with van der Waals surface area (Å²) < 4.78 is 0. The molecule has 0 heterocycles. The predicted molar refractivity (Wildman–Crippen MR) is 44.0 cm³/mol. The Bertz CT molecular complexity index is 234. The van der Waals surface area contributed by atoms with E-state index in [0.717, 1.165) is 12.8 Å². The van der Waals surface area contributed by atoms with E-state index in [1.807, 2.05) is 0 Å². The van der Waals surface area contributed by atoms with Gasteiger partial charge in [0.2, 0.25) is 5.91 Å². The molecule has 5 heteroatoms. The van der Waals surface area contributed by atoms with Crippen molar-refractivity contribution >= 4 is 11.9 Å². The van der Waals surface area contributed by atoms with Gasteiger partial charge in [0, 0.05) is 0 Å². The second-order valence-corrected chi connectivity index (χ2v) is 3.49. The van der Waals surface area contributed by atoms with Gasteiger partial charge in [-0.2, -0.15) is 0 Å². The number of carbonyl (C=O) groups excluding carboxylic acids is 1. The standard InChI is InChI=1S/C8H13NO4/c1-5(7(12)13)6(11)9-8(4-10)2-3-8/h5,10H,2-4H2,1H3,(H,9,11)(H,12,13). The highest BCUT2D eigenvalue weighted by Crippen LogP contribution is 2.34. The summed E-state index contributed by atoms with van der Waals surface area (Å²) in [6.45, 7) is 1.20. The highest BCUT2D eigenvalue weighted by atomic mass is 16.4. The molecule has 1 atom stereocenters. The van der Waals surface area contributed by atoms with Gasteiger partial charge in [-0.15, -0.1) is 0 Å². The monoisotopic (exact) mass is 187 g/mol. The Labute approximate surface area is 75.7 Å². The van der Waals surface area contributed by atoms with Crippen molar-refractivity contribution in [3.63, 3.8) is 0 Å². The molecule has 0 saturated heterocycles. The second-order valence-electron chi connectivity index (χ2n) is 3.49. The van der Waals surface area contributed by atoms with Crippen molar-refractivity contribution in [2.24, 2.45) is 5.92 Å². The van der Waals surface area contributed by atoms with Gasteiger partial charge in [0.05, 0.1) is 12.1 Å². The largest absolute Gasteiger partial charge is 0.481 e. The molecule has 1 aliphatic rings. The van der Waals surface area contributed by atoms with Crippen LogP contribution in [0.4, 0.5) is 0 Å². The molecule has 74 valence electrons. The highest BCUT2D eigenvalue weighted by Gasteiger charge is 2.44. The fourth-order valence-corrected chi connectivity index (χ4v) is 0.955. The van der Waals surface area contributed by atoms with E-state index in [1.54, 1.807) is 0 Å². The Kier molecular flexibility index (Phi) is 2.56. The number of nitrogens with one attached hydrogen (secondary N) is 1. The number of aliphatic carboxylic acids is 1. The number of carboxylic acid groups (broad SMARTS) is 1. The van der Waals surface area contributed by atoms with Crippen LogP contribution < -0.4 is 5.32 Å². The maximum absolute atomic E-state index is 11.2. The minimum absolute atomic E-state index is 0.120. The molecular formula is C8H13NO4. The van der Waals surface area contributed by atoms with E-state index < -0.39 is 23.3 Å². The molecule has 0 radical (unpaired) electrons. The fraction of sp³-hybridized carbons (Fsp3) is 0.750. The van der Waals surface area contributed by atoms with Crippen molar-refractivity contribution in [3.05, 3.63) is 0 Å². The quantitative estimate of drug-likeness (QED) is 0.510. The lowest BCUT2D eigenvalue weighted by Crippen LogP contribution is -2.44. The van der Waals surface area contributed by atoms with Gasteiger partial charge in [-0.05, 0) is 19.8 Å². The van der Waals surface area contributed by atoms with Gasteiger partial charge in [-0.25, -0.2) is 0 Å². The Morgan fingerprint density at radius 3 is 2.38 bits per heavy atom. The SMILES string of the molecule is CC(C(=O)O)C(=O)NC1(CO)CC1. The zero-order valence-electron chi connectivity index (χ0n) is 7.41. The van der Waals surface area contributed by atoms with E-state index >= 15 is 0 Å². The molecule has 3 N–H and O–H groups in total. The molecule has 0 aromatic heterocycles. The summed E-state index contributed by atoms with van der Waals surface area (Å²) in [5, 5.41) is 19.9. The van der Waals surface area contributed by atoms with Crippen LogP contribution in [0.15, 0.2) is 0 Å². The van der Waals surface area contributed by atoms with Gasteiger partial charge in [-0.1, -0.05) is 0 Å². The number of aliphatic hydroxyl groups is 1. The molecule has 1 aliphatic carbocycles. The minimum atomic E-state index is -1.15. The average molecular weight is 187 g/mol. The van der Waals surface area contributed by atoms with Crippen LogP contribution in [-0.2, 0) is 9.59 Å². The Morgan fingerprint density at radius 1 is 1.54 bits per heavy atom. The maximum Gasteiger partial charge on any atom is 0.315 e. The zero-order valence-corrected chi connectivity index (χ0v) is 7.41. The molecule has 1 saturated carbocycles. The van der Waals surface area contributed by atoms with Crippen LogP contribution in [-0.4, -0.2) is 34.2 Å². The van der Waals surface area contributed by atoms with Gasteiger partial charge >= 0.3 is 5.97 Å². The van der Waals surface area contributed by atoms with Crippen LogP contribution in [0.3, 0.4) is 0 Å². The van der Waals surface area contributed by atoms with Gasteiger partial charge in [-0.3, -0.25) is 9.59 Å². The number of aliphatic hydroxyl groups excluding tert-OH is 1. The second kappa shape index (κ2) is 3.33. The first-order chi connectivity index (χ1) is 6.01. The molecule has 1 amide bonds. The van der Waals surface area contributed by atoms with Crippen molar-refractivity contribution in [2.75, 3.05) is 6.61 Å². The summed E-state index contributed by atoms with van der Waals surface area (Å²) in [6, 6.07) is 0. The van der Waals surface area contributed by atoms with E-state index in [0.29, 0.717) is 0 Å². The molecule has 0 spiro atoms. The molecule has 0 bridgehead atoms. The van der Waals surface area contributed by atoms with Crippen LogP contribution in [0.25, 0.3) is 0 Å².